The lowest BCUT2D eigenvalue weighted by Crippen LogP contribution is -2.60. The molecule has 3 fully saturated rings. The van der Waals surface area contributed by atoms with Crippen molar-refractivity contribution in [1.29, 1.82) is 0 Å². The number of aliphatic hydroxyl groups is 3. The summed E-state index contributed by atoms with van der Waals surface area (Å²) in [5.41, 5.74) is -1.79. The molecular formula is C44H71NO12. The number of nitrogens with zero attached hydrogens (tertiary/aromatic N) is 1. The van der Waals surface area contributed by atoms with Gasteiger partial charge in [-0.05, 0) is 86.5 Å². The van der Waals surface area contributed by atoms with Gasteiger partial charge in [0.25, 0.3) is 0 Å². The lowest BCUT2D eigenvalue weighted by molar-refractivity contribution is -0.316. The molecule has 4 heterocycles. The zero-order valence-electron chi connectivity index (χ0n) is 36.5. The Morgan fingerprint density at radius 1 is 1.02 bits per heavy atom. The highest BCUT2D eigenvalue weighted by Gasteiger charge is 2.57. The normalized spacial score (nSPS) is 42.2. The Morgan fingerprint density at radius 2 is 1.68 bits per heavy atom. The molecule has 2 unspecified atom stereocenters. The Labute approximate surface area is 340 Å². The van der Waals surface area contributed by atoms with Crippen LogP contribution in [0.5, 0.6) is 0 Å². The summed E-state index contributed by atoms with van der Waals surface area (Å²) >= 11 is 0. The maximum absolute atomic E-state index is 14.7. The minimum Gasteiger partial charge on any atom is -0.488 e. The first-order chi connectivity index (χ1) is 26.7. The van der Waals surface area contributed by atoms with Gasteiger partial charge in [-0.1, -0.05) is 51.1 Å². The number of likely N-dealkylation sites (N-methyl/N-ethyl adjacent to an activating group) is 1. The van der Waals surface area contributed by atoms with Crippen LogP contribution in [0.3, 0.4) is 0 Å². The third-order valence-electron chi connectivity index (χ3n) is 13.2. The van der Waals surface area contributed by atoms with Crippen molar-refractivity contribution in [2.45, 2.75) is 186 Å². The first-order valence-corrected chi connectivity index (χ1v) is 20.8. The van der Waals surface area contributed by atoms with Crippen molar-refractivity contribution in [3.8, 4) is 0 Å². The van der Waals surface area contributed by atoms with Gasteiger partial charge in [-0.15, -0.1) is 0 Å². The zero-order valence-corrected chi connectivity index (χ0v) is 36.5. The molecule has 13 nitrogen and oxygen atoms in total. The van der Waals surface area contributed by atoms with E-state index in [9.17, 15) is 20.1 Å². The highest BCUT2D eigenvalue weighted by Crippen LogP contribution is 2.48. The average Bonchev–Trinajstić information content (AvgIpc) is 3.48. The second kappa shape index (κ2) is 18.2. The van der Waals surface area contributed by atoms with Crippen molar-refractivity contribution in [3.05, 3.63) is 47.2 Å². The van der Waals surface area contributed by atoms with Gasteiger partial charge in [-0.2, -0.15) is 0 Å². The summed E-state index contributed by atoms with van der Waals surface area (Å²) in [6, 6.07) is 9.52. The number of cyclic esters (lactones) is 1. The smallest absolute Gasteiger partial charge is 0.311 e. The molecule has 1 aromatic rings. The fourth-order valence-corrected chi connectivity index (χ4v) is 9.78. The van der Waals surface area contributed by atoms with Gasteiger partial charge in [0.2, 0.25) is 0 Å². The predicted octanol–water partition coefficient (Wildman–Crippen LogP) is 5.12. The van der Waals surface area contributed by atoms with E-state index in [0.29, 0.717) is 25.0 Å². The third kappa shape index (κ3) is 9.58. The Balaban J connectivity index is 1.57. The summed E-state index contributed by atoms with van der Waals surface area (Å²) in [5, 5.41) is 35.2. The number of ether oxygens (including phenoxy) is 8. The molecule has 0 radical (unpaired) electrons. The molecule has 4 aliphatic heterocycles. The maximum Gasteiger partial charge on any atom is 0.311 e. The molecule has 4 aliphatic rings. The number of hydrogen-bond acceptors (Lipinski definition) is 13. The molecular weight excluding hydrogens is 734 g/mol. The second-order valence-corrected chi connectivity index (χ2v) is 18.1. The number of hydrogen-bond donors (Lipinski definition) is 3. The Bertz CT molecular complexity index is 1520. The third-order valence-corrected chi connectivity index (χ3v) is 13.2. The Kier molecular flexibility index (Phi) is 14.7. The minimum atomic E-state index is -1.66. The topological polar surface area (TPSA) is 155 Å². The summed E-state index contributed by atoms with van der Waals surface area (Å²) in [6.45, 7) is 19.0. The number of benzene rings is 1. The largest absolute Gasteiger partial charge is 0.488 e. The average molecular weight is 806 g/mol. The van der Waals surface area contributed by atoms with Crippen LogP contribution in [0.1, 0.15) is 100 Å². The van der Waals surface area contributed by atoms with Crippen molar-refractivity contribution < 1.29 is 58.0 Å². The quantitative estimate of drug-likeness (QED) is 0.240. The van der Waals surface area contributed by atoms with Crippen LogP contribution in [-0.2, 0) is 49.3 Å². The zero-order chi connectivity index (χ0) is 42.2. The lowest BCUT2D eigenvalue weighted by atomic mass is 9.78. The van der Waals surface area contributed by atoms with E-state index < -0.39 is 95.8 Å². The number of aliphatic hydroxyl groups excluding tert-OH is 2. The number of carbonyl (C=O) groups excluding carboxylic acids is 1. The molecule has 17 atom stereocenters. The fourth-order valence-electron chi connectivity index (χ4n) is 9.78. The second-order valence-electron chi connectivity index (χ2n) is 18.1. The van der Waals surface area contributed by atoms with Crippen molar-refractivity contribution >= 4 is 5.97 Å². The van der Waals surface area contributed by atoms with E-state index in [4.69, 9.17) is 37.9 Å². The standard InChI is InChI=1S/C44H71NO12/c1-14-32(51-23-30-18-16-15-17-19-30)44(10,49)39-26(4)35-24(2)21-43(9,57-35)38(56-41-34(46)31(45(11)12)20-25(3)52-41)27(5)36(28(6)40(48)55-39)54-33-22-42(8,50-13)37(47)29(7)53-33/h15-19,25-29,31-34,36-39,41,46-47,49H,14,20-23H2,1-13H3/t25-,26+,27+,28-,29+,31+,32-,33?,34-,36+,37+,38-,39-,41?,42-,43-,44-/m1/s1. The monoisotopic (exact) mass is 805 g/mol. The van der Waals surface area contributed by atoms with Gasteiger partial charge in [0.1, 0.15) is 41.4 Å². The van der Waals surface area contributed by atoms with Crippen LogP contribution in [0.2, 0.25) is 0 Å². The van der Waals surface area contributed by atoms with Crippen LogP contribution in [0, 0.1) is 17.8 Å². The first-order valence-electron chi connectivity index (χ1n) is 20.8. The van der Waals surface area contributed by atoms with E-state index in [-0.39, 0.29) is 25.2 Å². The van der Waals surface area contributed by atoms with Crippen molar-refractivity contribution in [1.82, 2.24) is 4.90 Å². The first kappa shape index (κ1) is 45.9. The van der Waals surface area contributed by atoms with Gasteiger partial charge >= 0.3 is 5.97 Å². The van der Waals surface area contributed by atoms with Gasteiger partial charge in [0.15, 0.2) is 12.6 Å². The van der Waals surface area contributed by atoms with Crippen molar-refractivity contribution in [2.24, 2.45) is 17.8 Å². The Hall–Kier alpha value is -2.17. The summed E-state index contributed by atoms with van der Waals surface area (Å²) in [7, 11) is 5.39. The molecule has 3 N–H and O–H groups in total. The molecule has 0 aromatic heterocycles. The van der Waals surface area contributed by atoms with Gasteiger partial charge in [0, 0.05) is 31.9 Å². The van der Waals surface area contributed by atoms with E-state index in [1.54, 1.807) is 27.9 Å². The molecule has 2 bridgehead atoms. The molecule has 3 saturated heterocycles. The molecule has 0 spiro atoms. The molecule has 1 aromatic carbocycles. The van der Waals surface area contributed by atoms with E-state index in [1.807, 2.05) is 97.8 Å². The van der Waals surface area contributed by atoms with Crippen LogP contribution in [0.4, 0.5) is 0 Å². The summed E-state index contributed by atoms with van der Waals surface area (Å²) in [4.78, 5) is 16.7. The SMILES string of the molecule is CC[C@@H](OCc1ccccc1)[C@@](C)(O)[C@@H]1OC(=O)[C@H](C)[C@@H](OC2C[C@@](C)(OC)[C@@H](O)[C@H](C)O2)[C@H](C)[C@@H](OC2O[C@H](C)C[C@H](N(C)C)[C@H]2O)[C@@]2(C)CC(C)=C(O2)[C@@H]1C. The molecule has 0 aliphatic carbocycles. The summed E-state index contributed by atoms with van der Waals surface area (Å²) in [5.74, 6) is -2.08. The Morgan fingerprint density at radius 3 is 2.30 bits per heavy atom. The number of carbonyl (C=O) groups is 1. The fraction of sp³-hybridized carbons (Fsp3) is 0.795. The van der Waals surface area contributed by atoms with E-state index in [0.717, 1.165) is 11.1 Å². The molecule has 13 heteroatoms. The molecule has 5 rings (SSSR count). The molecule has 0 amide bonds. The van der Waals surface area contributed by atoms with Crippen LogP contribution in [0.25, 0.3) is 0 Å². The van der Waals surface area contributed by atoms with Crippen LogP contribution in [0.15, 0.2) is 41.7 Å². The van der Waals surface area contributed by atoms with E-state index >= 15 is 0 Å². The highest BCUT2D eigenvalue weighted by molar-refractivity contribution is 5.73. The minimum absolute atomic E-state index is 0.182. The summed E-state index contributed by atoms with van der Waals surface area (Å²) < 4.78 is 52.1. The van der Waals surface area contributed by atoms with Crippen LogP contribution >= 0.6 is 0 Å². The van der Waals surface area contributed by atoms with Gasteiger partial charge < -0.3 is 58.1 Å². The number of methoxy groups -OCH3 is 1. The number of esters is 1. The molecule has 0 saturated carbocycles. The lowest BCUT2D eigenvalue weighted by Gasteiger charge is -2.48. The van der Waals surface area contributed by atoms with Crippen LogP contribution < -0.4 is 0 Å². The van der Waals surface area contributed by atoms with Crippen molar-refractivity contribution in [3.63, 3.8) is 0 Å². The number of fused-ring (bicyclic) bond motifs is 2. The highest BCUT2D eigenvalue weighted by atomic mass is 16.7. The maximum atomic E-state index is 14.7. The van der Waals surface area contributed by atoms with Crippen molar-refractivity contribution in [2.75, 3.05) is 21.2 Å². The number of rotatable bonds is 12. The molecule has 324 valence electrons. The van der Waals surface area contributed by atoms with Gasteiger partial charge in [0.05, 0.1) is 48.5 Å². The molecule has 57 heavy (non-hydrogen) atoms. The summed E-state index contributed by atoms with van der Waals surface area (Å²) in [6.07, 6.45) is -6.41. The van der Waals surface area contributed by atoms with Crippen LogP contribution in [-0.4, -0.2) is 132 Å². The van der Waals surface area contributed by atoms with Gasteiger partial charge in [-0.3, -0.25) is 4.79 Å². The van der Waals surface area contributed by atoms with E-state index in [2.05, 4.69) is 0 Å². The predicted molar refractivity (Wildman–Crippen MR) is 213 cm³/mol. The van der Waals surface area contributed by atoms with E-state index in [1.165, 1.54) is 0 Å². The van der Waals surface area contributed by atoms with Gasteiger partial charge in [-0.25, -0.2) is 0 Å².